The van der Waals surface area contributed by atoms with E-state index < -0.39 is 0 Å². The lowest BCUT2D eigenvalue weighted by atomic mass is 10.3. The van der Waals surface area contributed by atoms with E-state index in [1.807, 2.05) is 0 Å². The zero-order valence-corrected chi connectivity index (χ0v) is 9.23. The number of nitrogens with one attached hydrogen (secondary N) is 2. The lowest BCUT2D eigenvalue weighted by molar-refractivity contribution is 0.251. The van der Waals surface area contributed by atoms with Crippen LogP contribution in [0.4, 0.5) is 10.6 Å². The van der Waals surface area contributed by atoms with Gasteiger partial charge in [-0.15, -0.1) is 0 Å². The summed E-state index contributed by atoms with van der Waals surface area (Å²) in [5.74, 6) is 5.63. The molecule has 0 spiro atoms. The Bertz CT molecular complexity index is 472. The molecule has 1 aromatic rings. The van der Waals surface area contributed by atoms with Crippen LogP contribution in [0.3, 0.4) is 0 Å². The summed E-state index contributed by atoms with van der Waals surface area (Å²) in [6, 6.07) is 5.23. The number of anilines is 1. The summed E-state index contributed by atoms with van der Waals surface area (Å²) >= 11 is 0. The van der Waals surface area contributed by atoms with Gasteiger partial charge in [0.2, 0.25) is 0 Å². The number of aromatic nitrogens is 1. The lowest BCUT2D eigenvalue weighted by Gasteiger charge is -2.05. The van der Waals surface area contributed by atoms with Crippen LogP contribution in [0.2, 0.25) is 0 Å². The second-order valence-electron chi connectivity index (χ2n) is 3.74. The highest BCUT2D eigenvalue weighted by molar-refractivity contribution is 5.88. The second kappa shape index (κ2) is 5.32. The maximum atomic E-state index is 11.4. The van der Waals surface area contributed by atoms with E-state index in [1.165, 1.54) is 0 Å². The molecule has 88 valence electrons. The molecular weight excluding hydrogens is 218 g/mol. The van der Waals surface area contributed by atoms with Crippen molar-refractivity contribution in [1.82, 2.24) is 10.3 Å². The van der Waals surface area contributed by atoms with Crippen molar-refractivity contribution in [2.45, 2.75) is 18.9 Å². The third kappa shape index (κ3) is 3.78. The van der Waals surface area contributed by atoms with Gasteiger partial charge in [-0.05, 0) is 30.9 Å². The number of carbonyl (C=O) groups is 1. The zero-order chi connectivity index (χ0) is 12.1. The summed E-state index contributed by atoms with van der Waals surface area (Å²) < 4.78 is 0. The van der Waals surface area contributed by atoms with Crippen LogP contribution in [0, 0.1) is 11.8 Å². The molecule has 17 heavy (non-hydrogen) atoms. The van der Waals surface area contributed by atoms with Gasteiger partial charge in [-0.3, -0.25) is 5.32 Å². The predicted molar refractivity (Wildman–Crippen MR) is 63.4 cm³/mol. The summed E-state index contributed by atoms with van der Waals surface area (Å²) in [5, 5.41) is 14.0. The summed E-state index contributed by atoms with van der Waals surface area (Å²) in [5.41, 5.74) is 0.517. The summed E-state index contributed by atoms with van der Waals surface area (Å²) in [6.07, 6.45) is 2.09. The minimum Gasteiger partial charge on any atom is -0.384 e. The molecule has 5 nitrogen and oxygen atoms in total. The number of aliphatic hydroxyl groups is 1. The molecule has 1 aromatic heterocycles. The Kier molecular flexibility index (Phi) is 3.58. The number of carbonyl (C=O) groups excluding carboxylic acids is 1. The SMILES string of the molecule is O=C(Nc1cccc(C#CCO)n1)NC1CC1. The molecule has 1 aliphatic carbocycles. The monoisotopic (exact) mass is 231 g/mol. The maximum Gasteiger partial charge on any atom is 0.320 e. The molecule has 0 aromatic carbocycles. The van der Waals surface area contributed by atoms with Crippen LogP contribution in [0.1, 0.15) is 18.5 Å². The first-order chi connectivity index (χ1) is 8.28. The van der Waals surface area contributed by atoms with Crippen molar-refractivity contribution >= 4 is 11.8 Å². The Labute approximate surface area is 99.3 Å². The van der Waals surface area contributed by atoms with Crippen molar-refractivity contribution in [3.8, 4) is 11.8 Å². The normalized spacial score (nSPS) is 13.5. The van der Waals surface area contributed by atoms with Gasteiger partial charge in [0, 0.05) is 6.04 Å². The number of hydrogen-bond donors (Lipinski definition) is 3. The first kappa shape index (κ1) is 11.4. The third-order valence-electron chi connectivity index (χ3n) is 2.20. The Morgan fingerprint density at radius 2 is 2.35 bits per heavy atom. The van der Waals surface area contributed by atoms with E-state index in [1.54, 1.807) is 18.2 Å². The fourth-order valence-corrected chi connectivity index (χ4v) is 1.27. The number of aliphatic hydroxyl groups excluding tert-OH is 1. The first-order valence-corrected chi connectivity index (χ1v) is 5.42. The highest BCUT2D eigenvalue weighted by Gasteiger charge is 2.23. The van der Waals surface area contributed by atoms with Crippen molar-refractivity contribution in [2.24, 2.45) is 0 Å². The molecule has 2 amide bonds. The molecule has 0 saturated heterocycles. The molecule has 1 aliphatic rings. The number of amides is 2. The van der Waals surface area contributed by atoms with Gasteiger partial charge in [-0.1, -0.05) is 12.0 Å². The van der Waals surface area contributed by atoms with Gasteiger partial charge in [0.05, 0.1) is 0 Å². The van der Waals surface area contributed by atoms with Crippen LogP contribution in [0.15, 0.2) is 18.2 Å². The molecule has 0 aliphatic heterocycles. The van der Waals surface area contributed by atoms with Crippen molar-refractivity contribution < 1.29 is 9.90 Å². The smallest absolute Gasteiger partial charge is 0.320 e. The molecule has 0 atom stereocenters. The first-order valence-electron chi connectivity index (χ1n) is 5.42. The van der Waals surface area contributed by atoms with Crippen LogP contribution < -0.4 is 10.6 Å². The summed E-state index contributed by atoms with van der Waals surface area (Å²) in [6.45, 7) is -0.207. The third-order valence-corrected chi connectivity index (χ3v) is 2.20. The Morgan fingerprint density at radius 1 is 1.53 bits per heavy atom. The van der Waals surface area contributed by atoms with E-state index in [9.17, 15) is 4.79 Å². The van der Waals surface area contributed by atoms with Gasteiger partial charge in [-0.2, -0.15) is 0 Å². The van der Waals surface area contributed by atoms with Gasteiger partial charge in [0.1, 0.15) is 18.1 Å². The Balaban J connectivity index is 1.97. The lowest BCUT2D eigenvalue weighted by Crippen LogP contribution is -2.30. The van der Waals surface area contributed by atoms with E-state index in [0.29, 0.717) is 17.6 Å². The minimum absolute atomic E-state index is 0.207. The Morgan fingerprint density at radius 3 is 3.06 bits per heavy atom. The van der Waals surface area contributed by atoms with Crippen molar-refractivity contribution in [2.75, 3.05) is 11.9 Å². The fourth-order valence-electron chi connectivity index (χ4n) is 1.27. The van der Waals surface area contributed by atoms with E-state index >= 15 is 0 Å². The van der Waals surface area contributed by atoms with Crippen LogP contribution in [0.25, 0.3) is 0 Å². The molecule has 5 heteroatoms. The summed E-state index contributed by atoms with van der Waals surface area (Å²) in [4.78, 5) is 15.6. The molecule has 0 bridgehead atoms. The van der Waals surface area contributed by atoms with Crippen LogP contribution >= 0.6 is 0 Å². The summed E-state index contributed by atoms with van der Waals surface area (Å²) in [7, 11) is 0. The maximum absolute atomic E-state index is 11.4. The highest BCUT2D eigenvalue weighted by atomic mass is 16.2. The number of urea groups is 1. The van der Waals surface area contributed by atoms with E-state index in [2.05, 4.69) is 27.5 Å². The number of pyridine rings is 1. The molecular formula is C12H13N3O2. The average molecular weight is 231 g/mol. The molecule has 1 saturated carbocycles. The zero-order valence-electron chi connectivity index (χ0n) is 9.23. The fraction of sp³-hybridized carbons (Fsp3) is 0.333. The standard InChI is InChI=1S/C12H13N3O2/c16-8-2-4-9-3-1-5-11(13-9)15-12(17)14-10-6-7-10/h1,3,5,10,16H,6-8H2,(H2,13,14,15,17). The Hall–Kier alpha value is -2.06. The van der Waals surface area contributed by atoms with E-state index in [-0.39, 0.29) is 12.6 Å². The highest BCUT2D eigenvalue weighted by Crippen LogP contribution is 2.18. The quantitative estimate of drug-likeness (QED) is 0.656. The van der Waals surface area contributed by atoms with Crippen LogP contribution in [-0.2, 0) is 0 Å². The molecule has 1 heterocycles. The second-order valence-corrected chi connectivity index (χ2v) is 3.74. The number of hydrogen-bond acceptors (Lipinski definition) is 3. The van der Waals surface area contributed by atoms with Gasteiger partial charge in [0.25, 0.3) is 0 Å². The average Bonchev–Trinajstić information content (AvgIpc) is 3.10. The minimum atomic E-state index is -0.243. The molecule has 2 rings (SSSR count). The molecule has 0 radical (unpaired) electrons. The largest absolute Gasteiger partial charge is 0.384 e. The predicted octanol–water partition coefficient (Wildman–Crippen LogP) is 0.709. The van der Waals surface area contributed by atoms with Gasteiger partial charge < -0.3 is 10.4 Å². The van der Waals surface area contributed by atoms with Crippen molar-refractivity contribution in [3.05, 3.63) is 23.9 Å². The molecule has 3 N–H and O–H groups in total. The topological polar surface area (TPSA) is 74.2 Å². The molecule has 0 unspecified atom stereocenters. The van der Waals surface area contributed by atoms with Gasteiger partial charge >= 0.3 is 6.03 Å². The number of rotatable bonds is 2. The van der Waals surface area contributed by atoms with Gasteiger partial charge in [-0.25, -0.2) is 9.78 Å². The van der Waals surface area contributed by atoms with Crippen LogP contribution in [-0.4, -0.2) is 28.8 Å². The van der Waals surface area contributed by atoms with Gasteiger partial charge in [0.15, 0.2) is 0 Å². The van der Waals surface area contributed by atoms with Crippen molar-refractivity contribution in [1.29, 1.82) is 0 Å². The van der Waals surface area contributed by atoms with Crippen molar-refractivity contribution in [3.63, 3.8) is 0 Å². The van der Waals surface area contributed by atoms with E-state index in [4.69, 9.17) is 5.11 Å². The number of nitrogens with zero attached hydrogens (tertiary/aromatic N) is 1. The molecule has 1 fully saturated rings. The van der Waals surface area contributed by atoms with E-state index in [0.717, 1.165) is 12.8 Å². The van der Waals surface area contributed by atoms with Crippen LogP contribution in [0.5, 0.6) is 0 Å².